The summed E-state index contributed by atoms with van der Waals surface area (Å²) in [5.74, 6) is 1.13. The van der Waals surface area contributed by atoms with Crippen LogP contribution in [0.5, 0.6) is 11.5 Å². The molecule has 0 saturated heterocycles. The molecule has 2 amide bonds. The summed E-state index contributed by atoms with van der Waals surface area (Å²) >= 11 is 0. The number of halogens is 1. The van der Waals surface area contributed by atoms with Gasteiger partial charge in [-0.05, 0) is 53.8 Å². The van der Waals surface area contributed by atoms with Gasteiger partial charge >= 0.3 is 6.03 Å². The Hall–Kier alpha value is -2.76. The summed E-state index contributed by atoms with van der Waals surface area (Å²) < 4.78 is 24.0. The SMILES string of the molecule is O=C(NCc1ccc2c(c1)OCO2)NC1CCc2ccc(F)cc21. The molecule has 124 valence electrons. The average Bonchev–Trinajstić information content (AvgIpc) is 3.19. The van der Waals surface area contributed by atoms with Crippen LogP contribution in [0.4, 0.5) is 9.18 Å². The number of rotatable bonds is 3. The number of carbonyl (C=O) groups is 1. The Morgan fingerprint density at radius 3 is 2.96 bits per heavy atom. The first-order valence-corrected chi connectivity index (χ1v) is 7.90. The lowest BCUT2D eigenvalue weighted by atomic mass is 10.1. The van der Waals surface area contributed by atoms with Gasteiger partial charge < -0.3 is 20.1 Å². The highest BCUT2D eigenvalue weighted by Crippen LogP contribution is 2.33. The first kappa shape index (κ1) is 14.8. The van der Waals surface area contributed by atoms with E-state index in [9.17, 15) is 9.18 Å². The van der Waals surface area contributed by atoms with Crippen LogP contribution in [0.1, 0.15) is 29.2 Å². The van der Waals surface area contributed by atoms with Crippen LogP contribution in [0.3, 0.4) is 0 Å². The summed E-state index contributed by atoms with van der Waals surface area (Å²) in [4.78, 5) is 12.1. The van der Waals surface area contributed by atoms with E-state index in [2.05, 4.69) is 10.6 Å². The fourth-order valence-corrected chi connectivity index (χ4v) is 3.17. The summed E-state index contributed by atoms with van der Waals surface area (Å²) in [7, 11) is 0. The maximum Gasteiger partial charge on any atom is 0.315 e. The molecular weight excluding hydrogens is 311 g/mol. The highest BCUT2D eigenvalue weighted by molar-refractivity contribution is 5.74. The maximum absolute atomic E-state index is 13.4. The topological polar surface area (TPSA) is 59.6 Å². The molecule has 0 radical (unpaired) electrons. The second-order valence-corrected chi connectivity index (χ2v) is 5.95. The van der Waals surface area contributed by atoms with Crippen molar-refractivity contribution in [1.29, 1.82) is 0 Å². The van der Waals surface area contributed by atoms with Crippen LogP contribution in [0, 0.1) is 5.82 Å². The minimum absolute atomic E-state index is 0.146. The molecule has 5 nitrogen and oxygen atoms in total. The second-order valence-electron chi connectivity index (χ2n) is 5.95. The zero-order valence-corrected chi connectivity index (χ0v) is 13.0. The van der Waals surface area contributed by atoms with Gasteiger partial charge in [0.1, 0.15) is 5.82 Å². The smallest absolute Gasteiger partial charge is 0.315 e. The first-order valence-electron chi connectivity index (χ1n) is 7.90. The lowest BCUT2D eigenvalue weighted by Crippen LogP contribution is -2.36. The van der Waals surface area contributed by atoms with E-state index in [1.165, 1.54) is 12.1 Å². The van der Waals surface area contributed by atoms with Gasteiger partial charge in [-0.15, -0.1) is 0 Å². The molecule has 0 saturated carbocycles. The molecule has 1 heterocycles. The Kier molecular flexibility index (Phi) is 3.72. The fourth-order valence-electron chi connectivity index (χ4n) is 3.17. The average molecular weight is 328 g/mol. The van der Waals surface area contributed by atoms with Crippen molar-refractivity contribution in [1.82, 2.24) is 10.6 Å². The van der Waals surface area contributed by atoms with E-state index in [-0.39, 0.29) is 24.7 Å². The number of nitrogens with one attached hydrogen (secondary N) is 2. The predicted molar refractivity (Wildman–Crippen MR) is 85.4 cm³/mol. The van der Waals surface area contributed by atoms with Gasteiger partial charge in [0, 0.05) is 6.54 Å². The Balaban J connectivity index is 1.36. The fraction of sp³-hybridized carbons (Fsp3) is 0.278. The Labute approximate surface area is 138 Å². The number of aryl methyl sites for hydroxylation is 1. The van der Waals surface area contributed by atoms with Gasteiger partial charge in [0.25, 0.3) is 0 Å². The van der Waals surface area contributed by atoms with Crippen LogP contribution in [-0.4, -0.2) is 12.8 Å². The molecule has 0 bridgehead atoms. The van der Waals surface area contributed by atoms with Gasteiger partial charge in [0.15, 0.2) is 11.5 Å². The van der Waals surface area contributed by atoms with E-state index in [0.29, 0.717) is 18.0 Å². The van der Waals surface area contributed by atoms with E-state index in [0.717, 1.165) is 29.5 Å². The number of hydrogen-bond donors (Lipinski definition) is 2. The van der Waals surface area contributed by atoms with E-state index in [1.54, 1.807) is 6.07 Å². The van der Waals surface area contributed by atoms with Gasteiger partial charge in [-0.25, -0.2) is 9.18 Å². The van der Waals surface area contributed by atoms with E-state index in [1.807, 2.05) is 18.2 Å². The van der Waals surface area contributed by atoms with Crippen LogP contribution in [0.25, 0.3) is 0 Å². The van der Waals surface area contributed by atoms with Crippen molar-refractivity contribution >= 4 is 6.03 Å². The number of fused-ring (bicyclic) bond motifs is 2. The van der Waals surface area contributed by atoms with Gasteiger partial charge in [-0.2, -0.15) is 0 Å². The van der Waals surface area contributed by atoms with Crippen molar-refractivity contribution in [3.8, 4) is 11.5 Å². The van der Waals surface area contributed by atoms with Crippen LogP contribution < -0.4 is 20.1 Å². The van der Waals surface area contributed by atoms with Gasteiger partial charge in [0.05, 0.1) is 6.04 Å². The van der Waals surface area contributed by atoms with Crippen LogP contribution in [0.15, 0.2) is 36.4 Å². The molecular formula is C18H17FN2O3. The molecule has 1 unspecified atom stereocenters. The quantitative estimate of drug-likeness (QED) is 0.910. The minimum Gasteiger partial charge on any atom is -0.454 e. The summed E-state index contributed by atoms with van der Waals surface area (Å²) in [6.07, 6.45) is 1.64. The maximum atomic E-state index is 13.4. The predicted octanol–water partition coefficient (Wildman–Crippen LogP) is 3.04. The number of benzene rings is 2. The van der Waals surface area contributed by atoms with Crippen LogP contribution in [0.2, 0.25) is 0 Å². The molecule has 4 rings (SSSR count). The third-order valence-electron chi connectivity index (χ3n) is 4.38. The summed E-state index contributed by atoms with van der Waals surface area (Å²) in [6, 6.07) is 9.90. The molecule has 2 aromatic rings. The lowest BCUT2D eigenvalue weighted by Gasteiger charge is -2.15. The van der Waals surface area contributed by atoms with Crippen molar-refractivity contribution < 1.29 is 18.7 Å². The highest BCUT2D eigenvalue weighted by atomic mass is 19.1. The van der Waals surface area contributed by atoms with Gasteiger partial charge in [0.2, 0.25) is 6.79 Å². The monoisotopic (exact) mass is 328 g/mol. The Morgan fingerprint density at radius 1 is 1.17 bits per heavy atom. The lowest BCUT2D eigenvalue weighted by molar-refractivity contribution is 0.174. The molecule has 2 N–H and O–H groups in total. The van der Waals surface area contributed by atoms with E-state index < -0.39 is 0 Å². The van der Waals surface area contributed by atoms with Gasteiger partial charge in [-0.1, -0.05) is 12.1 Å². The number of carbonyl (C=O) groups excluding carboxylic acids is 1. The second kappa shape index (κ2) is 6.03. The third kappa shape index (κ3) is 2.87. The molecule has 1 atom stereocenters. The summed E-state index contributed by atoms with van der Waals surface area (Å²) in [5, 5.41) is 5.73. The third-order valence-corrected chi connectivity index (χ3v) is 4.38. The molecule has 2 aromatic carbocycles. The number of amides is 2. The molecule has 1 aliphatic carbocycles. The number of hydrogen-bond acceptors (Lipinski definition) is 3. The molecule has 24 heavy (non-hydrogen) atoms. The molecule has 6 heteroatoms. The van der Waals surface area contributed by atoms with Crippen molar-refractivity contribution in [2.24, 2.45) is 0 Å². The zero-order chi connectivity index (χ0) is 16.5. The van der Waals surface area contributed by atoms with Gasteiger partial charge in [-0.3, -0.25) is 0 Å². The standard InChI is InChI=1S/C18H17FN2O3/c19-13-4-2-12-3-5-15(14(12)8-13)21-18(22)20-9-11-1-6-16-17(7-11)24-10-23-16/h1-2,4,6-8,15H,3,5,9-10H2,(H2,20,21,22). The molecule has 2 aliphatic rings. The van der Waals surface area contributed by atoms with Crippen molar-refractivity contribution in [3.63, 3.8) is 0 Å². The van der Waals surface area contributed by atoms with E-state index >= 15 is 0 Å². The number of urea groups is 1. The Bertz CT molecular complexity index is 794. The van der Waals surface area contributed by atoms with Crippen molar-refractivity contribution in [2.75, 3.05) is 6.79 Å². The van der Waals surface area contributed by atoms with Crippen molar-refractivity contribution in [3.05, 3.63) is 58.9 Å². The van der Waals surface area contributed by atoms with Crippen LogP contribution in [-0.2, 0) is 13.0 Å². The molecule has 1 aliphatic heterocycles. The molecule has 0 aromatic heterocycles. The zero-order valence-electron chi connectivity index (χ0n) is 13.0. The van der Waals surface area contributed by atoms with Crippen molar-refractivity contribution in [2.45, 2.75) is 25.4 Å². The number of ether oxygens (including phenoxy) is 2. The summed E-state index contributed by atoms with van der Waals surface area (Å²) in [6.45, 7) is 0.607. The van der Waals surface area contributed by atoms with Crippen LogP contribution >= 0.6 is 0 Å². The first-order chi connectivity index (χ1) is 11.7. The molecule has 0 fully saturated rings. The normalized spacial score (nSPS) is 17.5. The summed E-state index contributed by atoms with van der Waals surface area (Å²) in [5.41, 5.74) is 2.89. The van der Waals surface area contributed by atoms with E-state index in [4.69, 9.17) is 9.47 Å². The largest absolute Gasteiger partial charge is 0.454 e. The minimum atomic E-state index is -0.275. The highest BCUT2D eigenvalue weighted by Gasteiger charge is 2.24. The Morgan fingerprint density at radius 2 is 2.04 bits per heavy atom. The molecule has 0 spiro atoms.